The van der Waals surface area contributed by atoms with Gasteiger partial charge in [-0.3, -0.25) is 14.9 Å². The van der Waals surface area contributed by atoms with Gasteiger partial charge in [0.15, 0.2) is 0 Å². The smallest absolute Gasteiger partial charge is 0.259 e. The van der Waals surface area contributed by atoms with Crippen molar-refractivity contribution in [3.8, 4) is 0 Å². The number of carbonyl (C=O) groups is 2. The van der Waals surface area contributed by atoms with Crippen molar-refractivity contribution in [2.75, 3.05) is 17.2 Å². The van der Waals surface area contributed by atoms with Crippen molar-refractivity contribution in [1.29, 1.82) is 0 Å². The number of nitrogens with one attached hydrogen (secondary N) is 4. The minimum absolute atomic E-state index is 0.333. The molecule has 1 aliphatic heterocycles. The van der Waals surface area contributed by atoms with E-state index in [9.17, 15) is 9.59 Å². The highest BCUT2D eigenvalue weighted by atomic mass is 79.9. The summed E-state index contributed by atoms with van der Waals surface area (Å²) in [5, 5.41) is 8.54. The summed E-state index contributed by atoms with van der Waals surface area (Å²) in [6, 6.07) is 4.90. The molecule has 0 unspecified atom stereocenters. The lowest BCUT2D eigenvalue weighted by atomic mass is 10.1. The first-order valence-electron chi connectivity index (χ1n) is 8.11. The molecule has 10 heteroatoms. The Morgan fingerprint density at radius 3 is 2.78 bits per heavy atom. The number of amides is 2. The van der Waals surface area contributed by atoms with E-state index in [1.165, 1.54) is 0 Å². The van der Waals surface area contributed by atoms with Gasteiger partial charge >= 0.3 is 0 Å². The van der Waals surface area contributed by atoms with Gasteiger partial charge in [-0.15, -0.1) is 0 Å². The van der Waals surface area contributed by atoms with Gasteiger partial charge in [0.25, 0.3) is 11.8 Å². The van der Waals surface area contributed by atoms with Crippen LogP contribution in [0.3, 0.4) is 0 Å². The van der Waals surface area contributed by atoms with E-state index in [0.717, 1.165) is 16.6 Å². The van der Waals surface area contributed by atoms with Crippen LogP contribution in [0, 0.1) is 0 Å². The lowest BCUT2D eigenvalue weighted by molar-refractivity contribution is 0.0879. The molecule has 136 valence electrons. The second-order valence-electron chi connectivity index (χ2n) is 5.80. The van der Waals surface area contributed by atoms with Crippen molar-refractivity contribution in [2.24, 2.45) is 0 Å². The van der Waals surface area contributed by atoms with Gasteiger partial charge in [0.05, 0.1) is 27.6 Å². The van der Waals surface area contributed by atoms with E-state index in [2.05, 4.69) is 51.8 Å². The molecule has 1 aromatic carbocycles. The Morgan fingerprint density at radius 1 is 1.11 bits per heavy atom. The van der Waals surface area contributed by atoms with Crippen LogP contribution in [-0.2, 0) is 6.42 Å². The molecule has 0 saturated carbocycles. The van der Waals surface area contributed by atoms with Gasteiger partial charge in [0, 0.05) is 31.0 Å². The van der Waals surface area contributed by atoms with Gasteiger partial charge in [-0.05, 0) is 34.1 Å². The monoisotopic (exact) mass is 427 g/mol. The van der Waals surface area contributed by atoms with E-state index in [1.807, 2.05) is 6.20 Å². The van der Waals surface area contributed by atoms with E-state index >= 15 is 0 Å². The standard InChI is InChI=1S/C17H14BrN7O2/c18-13-7-21-17(24-14(13)20-4-3-10-6-19-8-22-10)23-9-1-2-11-12(5-9)16(27)25-15(11)26/h1-2,5-8H,3-4H2,(H,19,22)(H,25,26,27)(H2,20,21,23,24). The van der Waals surface area contributed by atoms with Gasteiger partial charge in [-0.2, -0.15) is 4.98 Å². The van der Waals surface area contributed by atoms with Gasteiger partial charge < -0.3 is 15.6 Å². The minimum Gasteiger partial charge on any atom is -0.369 e. The first-order valence-corrected chi connectivity index (χ1v) is 8.90. The Hall–Kier alpha value is -3.27. The summed E-state index contributed by atoms with van der Waals surface area (Å²) in [7, 11) is 0. The second-order valence-corrected chi connectivity index (χ2v) is 6.65. The maximum absolute atomic E-state index is 11.8. The van der Waals surface area contributed by atoms with Gasteiger partial charge in [0.2, 0.25) is 5.95 Å². The molecule has 2 amide bonds. The molecule has 4 N–H and O–H groups in total. The van der Waals surface area contributed by atoms with Crippen LogP contribution in [0.2, 0.25) is 0 Å². The van der Waals surface area contributed by atoms with Crippen LogP contribution >= 0.6 is 15.9 Å². The molecule has 0 bridgehead atoms. The van der Waals surface area contributed by atoms with Crippen LogP contribution in [0.5, 0.6) is 0 Å². The quantitative estimate of drug-likeness (QED) is 0.444. The number of H-pyrrole nitrogens is 1. The van der Waals surface area contributed by atoms with Crippen LogP contribution in [0.1, 0.15) is 26.4 Å². The first kappa shape index (κ1) is 17.2. The molecule has 0 spiro atoms. The summed E-state index contributed by atoms with van der Waals surface area (Å²) in [5.41, 5.74) is 2.27. The predicted octanol–water partition coefficient (Wildman–Crippen LogP) is 2.24. The minimum atomic E-state index is -0.406. The molecular formula is C17H14BrN7O2. The Balaban J connectivity index is 1.47. The number of aromatic nitrogens is 4. The predicted molar refractivity (Wildman–Crippen MR) is 102 cm³/mol. The Morgan fingerprint density at radius 2 is 1.96 bits per heavy atom. The van der Waals surface area contributed by atoms with E-state index in [-0.39, 0.29) is 5.91 Å². The normalized spacial score (nSPS) is 12.6. The van der Waals surface area contributed by atoms with Crippen LogP contribution in [0.4, 0.5) is 17.5 Å². The first-order chi connectivity index (χ1) is 13.1. The average molecular weight is 428 g/mol. The summed E-state index contributed by atoms with van der Waals surface area (Å²) >= 11 is 3.42. The largest absolute Gasteiger partial charge is 0.369 e. The number of carbonyl (C=O) groups excluding carboxylic acids is 2. The van der Waals surface area contributed by atoms with Crippen LogP contribution in [-0.4, -0.2) is 38.3 Å². The van der Waals surface area contributed by atoms with E-state index < -0.39 is 5.91 Å². The topological polar surface area (TPSA) is 125 Å². The number of nitrogens with zero attached hydrogens (tertiary/aromatic N) is 3. The van der Waals surface area contributed by atoms with Crippen molar-refractivity contribution in [1.82, 2.24) is 25.3 Å². The molecule has 27 heavy (non-hydrogen) atoms. The summed E-state index contributed by atoms with van der Waals surface area (Å²) in [5.74, 6) is 0.211. The number of aromatic amines is 1. The van der Waals surface area contributed by atoms with Gasteiger partial charge in [-0.25, -0.2) is 9.97 Å². The van der Waals surface area contributed by atoms with Crippen LogP contribution in [0.25, 0.3) is 0 Å². The molecule has 0 aliphatic carbocycles. The third kappa shape index (κ3) is 3.65. The SMILES string of the molecule is O=C1NC(=O)c2cc(Nc3ncc(Br)c(NCCc4c[nH]cn4)n3)ccc21. The molecule has 3 heterocycles. The highest BCUT2D eigenvalue weighted by molar-refractivity contribution is 9.10. The molecule has 0 fully saturated rings. The molecule has 0 saturated heterocycles. The van der Waals surface area contributed by atoms with Crippen LogP contribution in [0.15, 0.2) is 41.4 Å². The molecule has 2 aromatic heterocycles. The molecule has 9 nitrogen and oxygen atoms in total. The number of halogens is 1. The summed E-state index contributed by atoms with van der Waals surface area (Å²) in [6.45, 7) is 0.654. The highest BCUT2D eigenvalue weighted by Crippen LogP contribution is 2.24. The zero-order chi connectivity index (χ0) is 18.8. The summed E-state index contributed by atoms with van der Waals surface area (Å²) in [4.78, 5) is 39.2. The molecule has 1 aliphatic rings. The third-order valence-electron chi connectivity index (χ3n) is 3.96. The Kier molecular flexibility index (Phi) is 4.55. The maximum Gasteiger partial charge on any atom is 0.259 e. The number of fused-ring (bicyclic) bond motifs is 1. The summed E-state index contributed by atoms with van der Waals surface area (Å²) < 4.78 is 0.731. The number of benzene rings is 1. The number of anilines is 3. The lowest BCUT2D eigenvalue weighted by Crippen LogP contribution is -2.19. The molecular weight excluding hydrogens is 414 g/mol. The summed E-state index contributed by atoms with van der Waals surface area (Å²) in [6.07, 6.45) is 5.87. The van der Waals surface area contributed by atoms with E-state index in [0.29, 0.717) is 35.1 Å². The van der Waals surface area contributed by atoms with Crippen molar-refractivity contribution in [3.63, 3.8) is 0 Å². The number of hydrogen-bond donors (Lipinski definition) is 4. The fourth-order valence-corrected chi connectivity index (χ4v) is 2.99. The van der Waals surface area contributed by atoms with Crippen LogP contribution < -0.4 is 16.0 Å². The molecule has 0 atom stereocenters. The van der Waals surface area contributed by atoms with Gasteiger partial charge in [0.1, 0.15) is 5.82 Å². The molecule has 0 radical (unpaired) electrons. The number of rotatable bonds is 6. The van der Waals surface area contributed by atoms with E-state index in [1.54, 1.807) is 30.7 Å². The Bertz CT molecular complexity index is 1020. The Labute approximate surface area is 162 Å². The fraction of sp³-hybridized carbons (Fsp3) is 0.118. The fourth-order valence-electron chi connectivity index (χ4n) is 2.66. The molecule has 3 aromatic rings. The highest BCUT2D eigenvalue weighted by Gasteiger charge is 2.26. The van der Waals surface area contributed by atoms with Crippen molar-refractivity contribution in [2.45, 2.75) is 6.42 Å². The maximum atomic E-state index is 11.8. The van der Waals surface area contributed by atoms with Gasteiger partial charge in [-0.1, -0.05) is 0 Å². The number of imide groups is 1. The van der Waals surface area contributed by atoms with Crippen molar-refractivity contribution in [3.05, 3.63) is 58.2 Å². The van der Waals surface area contributed by atoms with E-state index in [4.69, 9.17) is 0 Å². The zero-order valence-corrected chi connectivity index (χ0v) is 15.5. The molecule has 4 rings (SSSR count). The number of imidazole rings is 1. The van der Waals surface area contributed by atoms with Crippen molar-refractivity contribution < 1.29 is 9.59 Å². The lowest BCUT2D eigenvalue weighted by Gasteiger charge is -2.10. The van der Waals surface area contributed by atoms with Crippen molar-refractivity contribution >= 4 is 45.2 Å². The average Bonchev–Trinajstić information content (AvgIpc) is 3.26. The third-order valence-corrected chi connectivity index (χ3v) is 4.54. The zero-order valence-electron chi connectivity index (χ0n) is 13.9. The second kappa shape index (κ2) is 7.16. The number of hydrogen-bond acceptors (Lipinski definition) is 7.